The van der Waals surface area contributed by atoms with E-state index in [2.05, 4.69) is 15.0 Å². The van der Waals surface area contributed by atoms with Crippen molar-refractivity contribution in [2.45, 2.75) is 13.0 Å². The number of carbonyl (C=O) groups is 1. The highest BCUT2D eigenvalue weighted by molar-refractivity contribution is 7.17. The second-order valence-electron chi connectivity index (χ2n) is 5.62. The van der Waals surface area contributed by atoms with Crippen LogP contribution in [0.25, 0.3) is 10.8 Å². The Morgan fingerprint density at radius 3 is 2.67 bits per heavy atom. The topological polar surface area (TPSA) is 85.0 Å². The van der Waals surface area contributed by atoms with E-state index >= 15 is 0 Å². The number of hydrogen-bond donors (Lipinski definition) is 1. The van der Waals surface area contributed by atoms with Gasteiger partial charge in [0.05, 0.1) is 5.69 Å². The molecule has 2 fully saturated rings. The first-order chi connectivity index (χ1) is 10.1. The summed E-state index contributed by atoms with van der Waals surface area (Å²) in [4.78, 5) is 28.0. The Morgan fingerprint density at radius 1 is 1.33 bits per heavy atom. The van der Waals surface area contributed by atoms with Gasteiger partial charge in [-0.1, -0.05) is 0 Å². The van der Waals surface area contributed by atoms with Crippen LogP contribution >= 0.6 is 11.3 Å². The molecular formula is C14H15N5OS. The lowest BCUT2D eigenvalue weighted by atomic mass is 10.3. The van der Waals surface area contributed by atoms with Gasteiger partial charge in [0.1, 0.15) is 4.88 Å². The molecule has 2 aliphatic rings. The van der Waals surface area contributed by atoms with Crippen molar-refractivity contribution >= 4 is 17.2 Å². The van der Waals surface area contributed by atoms with Gasteiger partial charge >= 0.3 is 0 Å². The monoisotopic (exact) mass is 301 g/mol. The number of likely N-dealkylation sites (tertiary alicyclic amines) is 1. The largest absolute Gasteiger partial charge is 0.337 e. The molecule has 3 heterocycles. The maximum absolute atomic E-state index is 12.6. The van der Waals surface area contributed by atoms with Crippen LogP contribution < -0.4 is 5.73 Å². The Hall–Kier alpha value is -1.86. The average molecular weight is 301 g/mol. The summed E-state index contributed by atoms with van der Waals surface area (Å²) in [5.41, 5.74) is 6.67. The Labute approximate surface area is 126 Å². The number of thiazole rings is 1. The number of aryl methyl sites for hydroxylation is 1. The summed E-state index contributed by atoms with van der Waals surface area (Å²) in [5, 5.41) is 0.692. The van der Waals surface area contributed by atoms with Crippen molar-refractivity contribution < 1.29 is 4.79 Å². The van der Waals surface area contributed by atoms with E-state index in [-0.39, 0.29) is 5.91 Å². The lowest BCUT2D eigenvalue weighted by Crippen LogP contribution is -2.33. The number of amides is 1. The molecule has 2 atom stereocenters. The van der Waals surface area contributed by atoms with Crippen molar-refractivity contribution in [2.24, 2.45) is 17.6 Å². The van der Waals surface area contributed by atoms with E-state index < -0.39 is 0 Å². The van der Waals surface area contributed by atoms with Crippen LogP contribution in [0.3, 0.4) is 0 Å². The summed E-state index contributed by atoms with van der Waals surface area (Å²) in [6.07, 6.45) is 3.35. The molecule has 0 radical (unpaired) electrons. The molecule has 0 bridgehead atoms. The fraction of sp³-hybridized carbons (Fsp3) is 0.429. The predicted octanol–water partition coefficient (Wildman–Crippen LogP) is 0.938. The first-order valence-electron chi connectivity index (χ1n) is 6.95. The van der Waals surface area contributed by atoms with Gasteiger partial charge in [0.2, 0.25) is 0 Å². The van der Waals surface area contributed by atoms with E-state index in [9.17, 15) is 4.79 Å². The fourth-order valence-corrected chi connectivity index (χ4v) is 3.96. The zero-order valence-corrected chi connectivity index (χ0v) is 12.4. The zero-order valence-electron chi connectivity index (χ0n) is 11.6. The highest BCUT2D eigenvalue weighted by Crippen LogP contribution is 2.44. The molecule has 2 aromatic heterocycles. The lowest BCUT2D eigenvalue weighted by Gasteiger charge is -2.18. The summed E-state index contributed by atoms with van der Waals surface area (Å²) >= 11 is 1.37. The molecule has 1 amide bonds. The molecule has 0 aromatic carbocycles. The van der Waals surface area contributed by atoms with Gasteiger partial charge in [0, 0.05) is 31.5 Å². The van der Waals surface area contributed by atoms with Gasteiger partial charge in [-0.3, -0.25) is 4.79 Å². The highest BCUT2D eigenvalue weighted by atomic mass is 32.1. The second-order valence-corrected chi connectivity index (χ2v) is 6.62. The summed E-state index contributed by atoms with van der Waals surface area (Å²) < 4.78 is 0. The third kappa shape index (κ3) is 2.04. The molecule has 0 spiro atoms. The predicted molar refractivity (Wildman–Crippen MR) is 78.7 cm³/mol. The molecule has 2 unspecified atom stereocenters. The average Bonchev–Trinajstić information content (AvgIpc) is 2.91. The Morgan fingerprint density at radius 2 is 2.00 bits per heavy atom. The van der Waals surface area contributed by atoms with Gasteiger partial charge in [0.25, 0.3) is 5.91 Å². The third-order valence-electron chi connectivity index (χ3n) is 4.30. The van der Waals surface area contributed by atoms with E-state index in [1.165, 1.54) is 11.3 Å². The number of fused-ring (bicyclic) bond motifs is 1. The van der Waals surface area contributed by atoms with Gasteiger partial charge < -0.3 is 10.6 Å². The van der Waals surface area contributed by atoms with Crippen LogP contribution in [-0.4, -0.2) is 44.9 Å². The van der Waals surface area contributed by atoms with Crippen molar-refractivity contribution in [1.29, 1.82) is 0 Å². The van der Waals surface area contributed by atoms with Gasteiger partial charge in [-0.2, -0.15) is 0 Å². The number of carbonyl (C=O) groups excluding carboxylic acids is 1. The maximum atomic E-state index is 12.6. The highest BCUT2D eigenvalue weighted by Gasteiger charge is 2.54. The molecule has 108 valence electrons. The van der Waals surface area contributed by atoms with E-state index in [4.69, 9.17) is 5.73 Å². The SMILES string of the molecule is Cc1nc(-c2ncccn2)sc1C(=O)N1CC2C(N)C2C1. The van der Waals surface area contributed by atoms with Crippen LogP contribution in [0.5, 0.6) is 0 Å². The van der Waals surface area contributed by atoms with Crippen LogP contribution in [0.15, 0.2) is 18.5 Å². The first-order valence-corrected chi connectivity index (χ1v) is 7.76. The van der Waals surface area contributed by atoms with Crippen LogP contribution in [0, 0.1) is 18.8 Å². The van der Waals surface area contributed by atoms with Gasteiger partial charge in [-0.15, -0.1) is 11.3 Å². The molecular weight excluding hydrogens is 286 g/mol. The van der Waals surface area contributed by atoms with Gasteiger partial charge in [-0.25, -0.2) is 15.0 Å². The minimum absolute atomic E-state index is 0.0616. The van der Waals surface area contributed by atoms with Crippen LogP contribution in [0.1, 0.15) is 15.4 Å². The van der Waals surface area contributed by atoms with Crippen molar-refractivity contribution in [1.82, 2.24) is 19.9 Å². The number of hydrogen-bond acceptors (Lipinski definition) is 6. The quantitative estimate of drug-likeness (QED) is 0.892. The molecule has 4 rings (SSSR count). The summed E-state index contributed by atoms with van der Waals surface area (Å²) in [5.74, 6) is 1.63. The van der Waals surface area contributed by atoms with Crippen LogP contribution in [-0.2, 0) is 0 Å². The summed E-state index contributed by atoms with van der Waals surface area (Å²) in [6.45, 7) is 3.41. The molecule has 1 saturated carbocycles. The molecule has 2 aromatic rings. The first kappa shape index (κ1) is 12.8. The molecule has 1 aliphatic carbocycles. The number of aromatic nitrogens is 3. The third-order valence-corrected chi connectivity index (χ3v) is 5.44. The molecule has 1 aliphatic heterocycles. The molecule has 7 heteroatoms. The van der Waals surface area contributed by atoms with E-state index in [1.54, 1.807) is 18.5 Å². The van der Waals surface area contributed by atoms with Crippen LogP contribution in [0.4, 0.5) is 0 Å². The van der Waals surface area contributed by atoms with E-state index in [0.29, 0.717) is 33.6 Å². The molecule has 21 heavy (non-hydrogen) atoms. The number of nitrogens with two attached hydrogens (primary N) is 1. The van der Waals surface area contributed by atoms with E-state index in [1.807, 2.05) is 11.8 Å². The van der Waals surface area contributed by atoms with Crippen molar-refractivity contribution in [3.63, 3.8) is 0 Å². The Balaban J connectivity index is 1.58. The second kappa shape index (κ2) is 4.57. The minimum Gasteiger partial charge on any atom is -0.337 e. The molecule has 1 saturated heterocycles. The van der Waals surface area contributed by atoms with Gasteiger partial charge in [0.15, 0.2) is 10.8 Å². The smallest absolute Gasteiger partial charge is 0.265 e. The number of rotatable bonds is 2. The zero-order chi connectivity index (χ0) is 14.6. The number of piperidine rings is 1. The Kier molecular flexibility index (Phi) is 2.80. The summed E-state index contributed by atoms with van der Waals surface area (Å²) in [6, 6.07) is 2.06. The normalized spacial score (nSPS) is 26.8. The lowest BCUT2D eigenvalue weighted by molar-refractivity contribution is 0.0777. The van der Waals surface area contributed by atoms with Gasteiger partial charge in [-0.05, 0) is 24.8 Å². The maximum Gasteiger partial charge on any atom is 0.265 e. The standard InChI is InChI=1S/C14H15N5OS/c1-7-11(14(20)19-5-8-9(6-19)10(8)15)21-13(18-7)12-16-3-2-4-17-12/h2-4,8-10H,5-6,15H2,1H3. The Bertz CT molecular complexity index is 689. The van der Waals surface area contributed by atoms with Crippen molar-refractivity contribution in [2.75, 3.05) is 13.1 Å². The van der Waals surface area contributed by atoms with Crippen molar-refractivity contribution in [3.8, 4) is 10.8 Å². The number of nitrogens with zero attached hydrogens (tertiary/aromatic N) is 4. The van der Waals surface area contributed by atoms with Crippen molar-refractivity contribution in [3.05, 3.63) is 29.0 Å². The van der Waals surface area contributed by atoms with Crippen LogP contribution in [0.2, 0.25) is 0 Å². The molecule has 2 N–H and O–H groups in total. The fourth-order valence-electron chi connectivity index (χ4n) is 2.98. The summed E-state index contributed by atoms with van der Waals surface area (Å²) in [7, 11) is 0. The minimum atomic E-state index is 0.0616. The molecule has 6 nitrogen and oxygen atoms in total. The van der Waals surface area contributed by atoms with E-state index in [0.717, 1.165) is 18.8 Å².